The van der Waals surface area contributed by atoms with E-state index >= 15 is 0 Å². The number of aromatic hydroxyl groups is 1. The molecular formula is C29H35N3O6S. The number of sulfone groups is 1. The van der Waals surface area contributed by atoms with Gasteiger partial charge in [0, 0.05) is 11.7 Å². The van der Waals surface area contributed by atoms with Crippen LogP contribution in [0.25, 0.3) is 0 Å². The van der Waals surface area contributed by atoms with Gasteiger partial charge >= 0.3 is 0 Å². The number of anilines is 1. The van der Waals surface area contributed by atoms with E-state index in [2.05, 4.69) is 5.32 Å². The number of β-lactam (4-membered cyclic amide) rings is 1. The summed E-state index contributed by atoms with van der Waals surface area (Å²) in [4.78, 5) is 43.8. The maximum Gasteiger partial charge on any atom is 0.252 e. The van der Waals surface area contributed by atoms with Gasteiger partial charge in [0.2, 0.25) is 11.8 Å². The van der Waals surface area contributed by atoms with Crippen molar-refractivity contribution in [1.29, 1.82) is 0 Å². The number of fused-ring (bicyclic) bond motifs is 1. The lowest BCUT2D eigenvalue weighted by Crippen LogP contribution is -2.61. The highest BCUT2D eigenvalue weighted by molar-refractivity contribution is 7.93. The lowest BCUT2D eigenvalue weighted by molar-refractivity contribution is -0.149. The molecule has 1 saturated carbocycles. The molecule has 0 bridgehead atoms. The van der Waals surface area contributed by atoms with Crippen molar-refractivity contribution >= 4 is 33.2 Å². The zero-order chi connectivity index (χ0) is 28.1. The van der Waals surface area contributed by atoms with Gasteiger partial charge in [0.25, 0.3) is 5.91 Å². The summed E-state index contributed by atoms with van der Waals surface area (Å²) < 4.78 is 25.1. The van der Waals surface area contributed by atoms with Crippen molar-refractivity contribution in [3.8, 4) is 5.75 Å². The number of carbonyl (C=O) groups excluding carboxylic acids is 3. The molecule has 0 spiro atoms. The summed E-state index contributed by atoms with van der Waals surface area (Å²) in [7, 11) is -3.83. The van der Waals surface area contributed by atoms with Crippen LogP contribution in [0.4, 0.5) is 5.69 Å². The summed E-state index contributed by atoms with van der Waals surface area (Å²) in [6.07, 6.45) is 4.64. The first-order chi connectivity index (χ1) is 18.4. The number of phenolic OH excluding ortho intramolecular Hbond substituents is 1. The molecule has 2 aliphatic heterocycles. The SMILES string of the molecule is Cc1ccc(N(C(=O)C2N3C(=O)CC3S(=O)(=O)C2(C)C)C(C(=O)NC2CCCCC2)c2ccc(O)cc2)cc1. The maximum atomic E-state index is 14.6. The number of nitrogens with one attached hydrogen (secondary N) is 1. The molecule has 208 valence electrons. The Morgan fingerprint density at radius 2 is 1.64 bits per heavy atom. The Balaban J connectivity index is 1.63. The summed E-state index contributed by atoms with van der Waals surface area (Å²) >= 11 is 0. The van der Waals surface area contributed by atoms with Gasteiger partial charge in [0.15, 0.2) is 9.84 Å². The van der Waals surface area contributed by atoms with E-state index in [0.29, 0.717) is 11.3 Å². The van der Waals surface area contributed by atoms with Gasteiger partial charge in [-0.15, -0.1) is 0 Å². The second-order valence-corrected chi connectivity index (χ2v) is 14.1. The van der Waals surface area contributed by atoms with Crippen LogP contribution in [0.3, 0.4) is 0 Å². The molecule has 39 heavy (non-hydrogen) atoms. The first-order valence-corrected chi connectivity index (χ1v) is 15.0. The van der Waals surface area contributed by atoms with Crippen molar-refractivity contribution < 1.29 is 27.9 Å². The third kappa shape index (κ3) is 4.58. The molecule has 0 aromatic heterocycles. The highest BCUT2D eigenvalue weighted by Crippen LogP contribution is 2.47. The average molecular weight is 554 g/mol. The fourth-order valence-corrected chi connectivity index (χ4v) is 8.20. The van der Waals surface area contributed by atoms with E-state index in [0.717, 1.165) is 37.7 Å². The molecule has 3 atom stereocenters. The van der Waals surface area contributed by atoms with Gasteiger partial charge < -0.3 is 15.3 Å². The van der Waals surface area contributed by atoms with E-state index in [1.54, 1.807) is 24.3 Å². The van der Waals surface area contributed by atoms with Crippen molar-refractivity contribution in [2.75, 3.05) is 4.90 Å². The first kappa shape index (κ1) is 27.2. The van der Waals surface area contributed by atoms with Crippen LogP contribution >= 0.6 is 0 Å². The molecule has 3 unspecified atom stereocenters. The molecular weight excluding hydrogens is 518 g/mol. The van der Waals surface area contributed by atoms with Crippen LogP contribution in [-0.2, 0) is 24.2 Å². The van der Waals surface area contributed by atoms with Crippen LogP contribution in [0.1, 0.15) is 69.5 Å². The van der Waals surface area contributed by atoms with Gasteiger partial charge in [-0.05, 0) is 63.4 Å². The highest BCUT2D eigenvalue weighted by atomic mass is 32.2. The van der Waals surface area contributed by atoms with Crippen molar-refractivity contribution in [1.82, 2.24) is 10.2 Å². The Bertz CT molecular complexity index is 1380. The number of phenols is 1. The summed E-state index contributed by atoms with van der Waals surface area (Å²) in [5, 5.41) is 12.0. The molecule has 2 saturated heterocycles. The number of amides is 3. The number of aryl methyl sites for hydroxylation is 1. The summed E-state index contributed by atoms with van der Waals surface area (Å²) in [6, 6.07) is 10.7. The molecule has 1 aliphatic carbocycles. The number of nitrogens with zero attached hydrogens (tertiary/aromatic N) is 2. The van der Waals surface area contributed by atoms with Crippen LogP contribution in [-0.4, -0.2) is 58.4 Å². The predicted octanol–water partition coefficient (Wildman–Crippen LogP) is 3.36. The van der Waals surface area contributed by atoms with Crippen LogP contribution in [0, 0.1) is 6.92 Å². The molecule has 2 aromatic rings. The monoisotopic (exact) mass is 553 g/mol. The minimum absolute atomic E-state index is 0.00967. The molecule has 9 nitrogen and oxygen atoms in total. The van der Waals surface area contributed by atoms with Crippen LogP contribution in [0.5, 0.6) is 5.75 Å². The Morgan fingerprint density at radius 1 is 1.03 bits per heavy atom. The Hall–Kier alpha value is -3.40. The number of hydrogen-bond acceptors (Lipinski definition) is 6. The van der Waals surface area contributed by atoms with Crippen LogP contribution in [0.2, 0.25) is 0 Å². The van der Waals surface area contributed by atoms with Gasteiger partial charge in [-0.25, -0.2) is 8.42 Å². The second kappa shape index (κ2) is 9.97. The smallest absolute Gasteiger partial charge is 0.252 e. The topological polar surface area (TPSA) is 124 Å². The van der Waals surface area contributed by atoms with Crippen LogP contribution < -0.4 is 10.2 Å². The maximum absolute atomic E-state index is 14.6. The number of benzene rings is 2. The lowest BCUT2D eigenvalue weighted by atomic mass is 9.93. The number of carbonyl (C=O) groups is 3. The fourth-order valence-electron chi connectivity index (χ4n) is 6.07. The standard InChI is InChI=1S/C29H35N3O6S/c1-18-9-13-21(14-10-18)31(28(36)26-29(2,3)39(37,38)24-17-23(34)32(24)26)25(19-11-15-22(33)16-12-19)27(35)30-20-7-5-4-6-8-20/h9-16,20,24-26,33H,4-8,17H2,1-3H3,(H,30,35). The number of rotatable bonds is 6. The van der Waals surface area contributed by atoms with Gasteiger partial charge in [0.1, 0.15) is 23.2 Å². The molecule has 2 N–H and O–H groups in total. The fraction of sp³-hybridized carbons (Fsp3) is 0.483. The molecule has 3 aliphatic rings. The predicted molar refractivity (Wildman–Crippen MR) is 147 cm³/mol. The van der Waals surface area contributed by atoms with E-state index in [4.69, 9.17) is 0 Å². The van der Waals surface area contributed by atoms with Gasteiger partial charge in [-0.1, -0.05) is 49.1 Å². The molecule has 2 heterocycles. The van der Waals surface area contributed by atoms with E-state index < -0.39 is 49.8 Å². The molecule has 0 radical (unpaired) electrons. The normalized spacial score (nSPS) is 24.4. The van der Waals surface area contributed by atoms with Gasteiger partial charge in [-0.3, -0.25) is 19.3 Å². The third-order valence-corrected chi connectivity index (χ3v) is 11.2. The zero-order valence-corrected chi connectivity index (χ0v) is 23.3. The Labute approximate surface area is 229 Å². The van der Waals surface area contributed by atoms with Gasteiger partial charge in [-0.2, -0.15) is 0 Å². The van der Waals surface area contributed by atoms with Crippen molar-refractivity contribution in [3.63, 3.8) is 0 Å². The van der Waals surface area contributed by atoms with Gasteiger partial charge in [0.05, 0.1) is 11.2 Å². The van der Waals surface area contributed by atoms with Crippen molar-refractivity contribution in [3.05, 3.63) is 59.7 Å². The highest BCUT2D eigenvalue weighted by Gasteiger charge is 2.68. The van der Waals surface area contributed by atoms with E-state index in [9.17, 15) is 27.9 Å². The number of hydrogen-bond donors (Lipinski definition) is 2. The first-order valence-electron chi connectivity index (χ1n) is 13.5. The minimum Gasteiger partial charge on any atom is -0.508 e. The molecule has 3 amide bonds. The van der Waals surface area contributed by atoms with E-state index in [-0.39, 0.29) is 18.2 Å². The Morgan fingerprint density at radius 3 is 2.23 bits per heavy atom. The summed E-state index contributed by atoms with van der Waals surface area (Å²) in [5.41, 5.74) is 1.81. The van der Waals surface area contributed by atoms with Crippen molar-refractivity contribution in [2.45, 2.75) is 87.5 Å². The molecule has 5 rings (SSSR count). The van der Waals surface area contributed by atoms with Crippen LogP contribution in [0.15, 0.2) is 48.5 Å². The summed E-state index contributed by atoms with van der Waals surface area (Å²) in [5.74, 6) is -1.42. The second-order valence-electron chi connectivity index (χ2n) is 11.4. The molecule has 10 heteroatoms. The average Bonchev–Trinajstić information content (AvgIpc) is 3.02. The lowest BCUT2D eigenvalue weighted by Gasteiger charge is -2.41. The zero-order valence-electron chi connectivity index (χ0n) is 22.5. The largest absolute Gasteiger partial charge is 0.508 e. The quantitative estimate of drug-likeness (QED) is 0.529. The third-order valence-electron chi connectivity index (χ3n) is 8.43. The molecule has 2 aromatic carbocycles. The molecule has 3 fully saturated rings. The van der Waals surface area contributed by atoms with Crippen molar-refractivity contribution in [2.24, 2.45) is 0 Å². The van der Waals surface area contributed by atoms with E-state index in [1.165, 1.54) is 35.8 Å². The summed E-state index contributed by atoms with van der Waals surface area (Å²) in [6.45, 7) is 4.85. The minimum atomic E-state index is -3.83. The van der Waals surface area contributed by atoms with E-state index in [1.807, 2.05) is 19.1 Å². The Kier molecular flexibility index (Phi) is 6.95.